The molecule has 0 aliphatic heterocycles. The molecule has 0 amide bonds. The Bertz CT molecular complexity index is 523. The Morgan fingerprint density at radius 1 is 1.05 bits per heavy atom. The number of rotatable bonds is 3. The lowest BCUT2D eigenvalue weighted by atomic mass is 10.1. The molecule has 0 aliphatic carbocycles. The van der Waals surface area contributed by atoms with Crippen molar-refractivity contribution < 1.29 is 55.9 Å². The van der Waals surface area contributed by atoms with E-state index in [0.29, 0.717) is 0 Å². The van der Waals surface area contributed by atoms with Gasteiger partial charge >= 0.3 is 18.7 Å². The van der Waals surface area contributed by atoms with E-state index in [9.17, 15) is 41.4 Å². The Morgan fingerprint density at radius 2 is 1.48 bits per heavy atom. The monoisotopic (exact) mass is 321 g/mol. The number of carboxylic acids is 1. The summed E-state index contributed by atoms with van der Waals surface area (Å²) in [6.07, 6.45) is -10.9. The molecule has 0 aromatic heterocycles. The second-order valence-electron chi connectivity index (χ2n) is 3.33. The highest BCUT2D eigenvalue weighted by Crippen LogP contribution is 2.44. The lowest BCUT2D eigenvalue weighted by molar-refractivity contribution is -0.297. The van der Waals surface area contributed by atoms with Crippen molar-refractivity contribution in [2.75, 3.05) is 0 Å². The van der Waals surface area contributed by atoms with Gasteiger partial charge in [0.1, 0.15) is 11.3 Å². The summed E-state index contributed by atoms with van der Waals surface area (Å²) in [4.78, 5) is 10.6. The fourth-order valence-electron chi connectivity index (χ4n) is 1.21. The molecule has 0 atom stereocenters. The molecule has 21 heavy (non-hydrogen) atoms. The van der Waals surface area contributed by atoms with Crippen molar-refractivity contribution >= 4 is 5.97 Å². The first-order chi connectivity index (χ1) is 9.32. The van der Waals surface area contributed by atoms with Gasteiger partial charge in [-0.1, -0.05) is 0 Å². The smallest absolute Gasteiger partial charge is 0.573 e. The van der Waals surface area contributed by atoms with Gasteiger partial charge in [-0.05, 0) is 5.75 Å². The third-order valence-corrected chi connectivity index (χ3v) is 1.85. The number of benzene rings is 1. The molecular weight excluding hydrogens is 318 g/mol. The molecule has 1 aromatic carbocycles. The van der Waals surface area contributed by atoms with E-state index in [1.807, 2.05) is 0 Å². The Kier molecular flexibility index (Phi) is 4.02. The van der Waals surface area contributed by atoms with E-state index in [4.69, 9.17) is 5.11 Å². The van der Waals surface area contributed by atoms with E-state index >= 15 is 0 Å². The second-order valence-corrected chi connectivity index (χ2v) is 3.33. The number of carbonyl (C=O) groups is 1. The molecule has 1 aromatic rings. The summed E-state index contributed by atoms with van der Waals surface area (Å²) in [5.74, 6) is -9.53. The minimum absolute atomic E-state index is 0.217. The topological polar surface area (TPSA) is 99.1 Å². The van der Waals surface area contributed by atoms with Crippen molar-refractivity contribution in [1.29, 1.82) is 0 Å². The molecule has 12 heteroatoms. The summed E-state index contributed by atoms with van der Waals surface area (Å²) >= 11 is 0. The molecule has 0 aliphatic rings. The van der Waals surface area contributed by atoms with Crippen LogP contribution in [0.3, 0.4) is 0 Å². The van der Waals surface area contributed by atoms with Crippen molar-refractivity contribution in [2.45, 2.75) is 12.7 Å². The van der Waals surface area contributed by atoms with Crippen LogP contribution < -0.4 is 14.6 Å². The standard InChI is InChI=1S/C9H4F6O6/c10-8(11,12)20-2-1-3(21-9(13,14)15)6(17)4(5(2)16)7(18)19/h1,16-17H,(H,18,19)/p-1. The van der Waals surface area contributed by atoms with Gasteiger partial charge in [0.05, 0.1) is 0 Å². The Balaban J connectivity index is 3.49. The van der Waals surface area contributed by atoms with E-state index in [0.717, 1.165) is 0 Å². The average molecular weight is 321 g/mol. The van der Waals surface area contributed by atoms with E-state index < -0.39 is 47.3 Å². The molecule has 6 nitrogen and oxygen atoms in total. The van der Waals surface area contributed by atoms with Crippen LogP contribution in [0.5, 0.6) is 23.0 Å². The maximum atomic E-state index is 12.0. The number of halogens is 6. The maximum absolute atomic E-state index is 12.0. The van der Waals surface area contributed by atoms with Gasteiger partial charge < -0.3 is 24.8 Å². The number of aromatic hydroxyl groups is 1. The number of ether oxygens (including phenoxy) is 2. The fourth-order valence-corrected chi connectivity index (χ4v) is 1.21. The van der Waals surface area contributed by atoms with Gasteiger partial charge in [0.2, 0.25) is 0 Å². The van der Waals surface area contributed by atoms with E-state index in [-0.39, 0.29) is 6.07 Å². The SMILES string of the molecule is O=C(O)c1c([O-])c(OC(F)(F)F)cc(OC(F)(F)F)c1O. The molecule has 0 fully saturated rings. The second kappa shape index (κ2) is 5.10. The number of aromatic carboxylic acids is 1. The van der Waals surface area contributed by atoms with Crippen LogP contribution in [-0.2, 0) is 0 Å². The molecule has 2 N–H and O–H groups in total. The summed E-state index contributed by atoms with van der Waals surface area (Å²) in [5.41, 5.74) is -1.75. The van der Waals surface area contributed by atoms with Gasteiger partial charge in [-0.2, -0.15) is 0 Å². The van der Waals surface area contributed by atoms with Gasteiger partial charge in [-0.3, -0.25) is 0 Å². The Morgan fingerprint density at radius 3 is 1.86 bits per heavy atom. The maximum Gasteiger partial charge on any atom is 0.573 e. The van der Waals surface area contributed by atoms with Crippen LogP contribution in [0.2, 0.25) is 0 Å². The molecule has 0 unspecified atom stereocenters. The van der Waals surface area contributed by atoms with Crippen molar-refractivity contribution in [3.8, 4) is 23.0 Å². The quantitative estimate of drug-likeness (QED) is 0.826. The van der Waals surface area contributed by atoms with Crippen molar-refractivity contribution in [3.63, 3.8) is 0 Å². The number of alkyl halides is 6. The molecule has 0 saturated heterocycles. The summed E-state index contributed by atoms with van der Waals surface area (Å²) in [6, 6.07) is -0.217. The zero-order chi connectivity index (χ0) is 16.6. The summed E-state index contributed by atoms with van der Waals surface area (Å²) < 4.78 is 78.2. The van der Waals surface area contributed by atoms with Gasteiger partial charge in [-0.25, -0.2) is 4.79 Å². The first-order valence-electron chi connectivity index (χ1n) is 4.63. The Hall–Kier alpha value is -2.53. The van der Waals surface area contributed by atoms with Crippen LogP contribution in [0, 0.1) is 0 Å². The zero-order valence-corrected chi connectivity index (χ0v) is 9.37. The molecule has 0 saturated carbocycles. The third kappa shape index (κ3) is 4.22. The van der Waals surface area contributed by atoms with Gasteiger partial charge in [0.15, 0.2) is 11.5 Å². The van der Waals surface area contributed by atoms with Crippen LogP contribution in [0.25, 0.3) is 0 Å². The highest BCUT2D eigenvalue weighted by Gasteiger charge is 2.36. The lowest BCUT2D eigenvalue weighted by Gasteiger charge is -2.21. The molecule has 118 valence electrons. The Labute approximate surface area is 110 Å². The molecule has 1 rings (SSSR count). The van der Waals surface area contributed by atoms with Crippen molar-refractivity contribution in [3.05, 3.63) is 11.6 Å². The van der Waals surface area contributed by atoms with E-state index in [1.165, 1.54) is 0 Å². The van der Waals surface area contributed by atoms with Crippen LogP contribution in [-0.4, -0.2) is 28.9 Å². The normalized spacial score (nSPS) is 12.1. The van der Waals surface area contributed by atoms with E-state index in [1.54, 1.807) is 0 Å². The molecule has 0 bridgehead atoms. The number of phenols is 1. The lowest BCUT2D eigenvalue weighted by Crippen LogP contribution is -2.21. The predicted molar refractivity (Wildman–Crippen MR) is 47.9 cm³/mol. The van der Waals surface area contributed by atoms with E-state index in [2.05, 4.69) is 9.47 Å². The third-order valence-electron chi connectivity index (χ3n) is 1.85. The molecule has 0 spiro atoms. The van der Waals surface area contributed by atoms with Crippen LogP contribution >= 0.6 is 0 Å². The summed E-state index contributed by atoms with van der Waals surface area (Å²) in [5, 5.41) is 29.1. The minimum Gasteiger partial charge on any atom is -0.869 e. The van der Waals surface area contributed by atoms with Crippen LogP contribution in [0.4, 0.5) is 26.3 Å². The largest absolute Gasteiger partial charge is 0.869 e. The highest BCUT2D eigenvalue weighted by atomic mass is 19.4. The average Bonchev–Trinajstić information content (AvgIpc) is 2.20. The minimum atomic E-state index is -5.47. The number of hydrogen-bond acceptors (Lipinski definition) is 5. The summed E-state index contributed by atoms with van der Waals surface area (Å²) in [7, 11) is 0. The predicted octanol–water partition coefficient (Wildman–Crippen LogP) is 1.96. The van der Waals surface area contributed by atoms with Gasteiger partial charge in [0, 0.05) is 6.07 Å². The molecule has 0 heterocycles. The highest BCUT2D eigenvalue weighted by molar-refractivity contribution is 5.96. The van der Waals surface area contributed by atoms with Crippen molar-refractivity contribution in [1.82, 2.24) is 0 Å². The number of carboxylic acid groups (broad SMARTS) is 1. The first-order valence-corrected chi connectivity index (χ1v) is 4.63. The first kappa shape index (κ1) is 16.5. The fraction of sp³-hybridized carbons (Fsp3) is 0.222. The summed E-state index contributed by atoms with van der Waals surface area (Å²) in [6.45, 7) is 0. The van der Waals surface area contributed by atoms with Gasteiger partial charge in [-0.15, -0.1) is 26.3 Å². The molecule has 0 radical (unpaired) electrons. The van der Waals surface area contributed by atoms with Crippen molar-refractivity contribution in [2.24, 2.45) is 0 Å². The van der Waals surface area contributed by atoms with Crippen LogP contribution in [0.15, 0.2) is 6.07 Å². The van der Waals surface area contributed by atoms with Gasteiger partial charge in [0.25, 0.3) is 0 Å². The zero-order valence-electron chi connectivity index (χ0n) is 9.37. The van der Waals surface area contributed by atoms with Crippen LogP contribution in [0.1, 0.15) is 10.4 Å². The molecular formula is C9H3F6O6-. The number of hydrogen-bond donors (Lipinski definition) is 2.